The predicted octanol–water partition coefficient (Wildman–Crippen LogP) is 5.17. The third-order valence-corrected chi connectivity index (χ3v) is 4.35. The molecule has 1 atom stereocenters. The van der Waals surface area contributed by atoms with Gasteiger partial charge in [-0.15, -0.1) is 0 Å². The van der Waals surface area contributed by atoms with E-state index in [1.807, 2.05) is 13.0 Å². The van der Waals surface area contributed by atoms with Crippen molar-refractivity contribution in [2.45, 2.75) is 26.1 Å². The van der Waals surface area contributed by atoms with Gasteiger partial charge in [0.1, 0.15) is 6.10 Å². The largest absolute Gasteiger partial charge is 0.416 e. The molecule has 0 bridgehead atoms. The molecule has 0 aliphatic heterocycles. The van der Waals surface area contributed by atoms with Crippen LogP contribution in [0.1, 0.15) is 33.9 Å². The van der Waals surface area contributed by atoms with E-state index in [-0.39, 0.29) is 0 Å². The van der Waals surface area contributed by atoms with Gasteiger partial charge in [-0.3, -0.25) is 0 Å². The Morgan fingerprint density at radius 2 is 1.71 bits per heavy atom. The summed E-state index contributed by atoms with van der Waals surface area (Å²) in [7, 11) is 0. The maximum atomic E-state index is 12.7. The van der Waals surface area contributed by atoms with Crippen molar-refractivity contribution in [1.82, 2.24) is 0 Å². The van der Waals surface area contributed by atoms with Gasteiger partial charge in [-0.25, -0.2) is 0 Å². The molecule has 0 fully saturated rings. The van der Waals surface area contributed by atoms with Crippen LogP contribution in [0.15, 0.2) is 40.9 Å². The number of alkyl halides is 3. The van der Waals surface area contributed by atoms with E-state index in [4.69, 9.17) is 0 Å². The highest BCUT2D eigenvalue weighted by Gasteiger charge is 2.31. The van der Waals surface area contributed by atoms with Crippen LogP contribution in [0.3, 0.4) is 0 Å². The Kier molecular flexibility index (Phi) is 4.44. The molecule has 0 spiro atoms. The first-order valence-electron chi connectivity index (χ1n) is 6.32. The van der Waals surface area contributed by atoms with Crippen molar-refractivity contribution in [3.8, 4) is 0 Å². The SMILES string of the molecule is Cc1cc(C(F)(F)F)ccc1C(O)c1cccc(Br)c1C. The fourth-order valence-electron chi connectivity index (χ4n) is 2.25. The molecule has 0 aliphatic carbocycles. The summed E-state index contributed by atoms with van der Waals surface area (Å²) in [6, 6.07) is 8.80. The van der Waals surface area contributed by atoms with E-state index < -0.39 is 17.8 Å². The first-order valence-corrected chi connectivity index (χ1v) is 7.12. The highest BCUT2D eigenvalue weighted by atomic mass is 79.9. The molecule has 2 aromatic rings. The average Bonchev–Trinajstić information content (AvgIpc) is 2.40. The summed E-state index contributed by atoms with van der Waals surface area (Å²) in [6.07, 6.45) is -5.33. The minimum atomic E-state index is -4.38. The summed E-state index contributed by atoms with van der Waals surface area (Å²) in [5.74, 6) is 0. The van der Waals surface area contributed by atoms with Crippen LogP contribution in [0.2, 0.25) is 0 Å². The number of hydrogen-bond acceptors (Lipinski definition) is 1. The Morgan fingerprint density at radius 3 is 2.29 bits per heavy atom. The molecule has 2 aromatic carbocycles. The van der Waals surface area contributed by atoms with Gasteiger partial charge in [0.05, 0.1) is 5.56 Å². The highest BCUT2D eigenvalue weighted by Crippen LogP contribution is 2.34. The Hall–Kier alpha value is -1.33. The van der Waals surface area contributed by atoms with Crippen LogP contribution in [0, 0.1) is 13.8 Å². The van der Waals surface area contributed by atoms with Gasteiger partial charge in [0.2, 0.25) is 0 Å². The van der Waals surface area contributed by atoms with E-state index in [1.165, 1.54) is 6.07 Å². The van der Waals surface area contributed by atoms with Crippen molar-refractivity contribution in [1.29, 1.82) is 0 Å². The molecule has 5 heteroatoms. The number of aliphatic hydroxyl groups is 1. The van der Waals surface area contributed by atoms with Crippen LogP contribution < -0.4 is 0 Å². The lowest BCUT2D eigenvalue weighted by Gasteiger charge is -2.18. The van der Waals surface area contributed by atoms with Crippen molar-refractivity contribution in [3.05, 3.63) is 68.7 Å². The summed E-state index contributed by atoms with van der Waals surface area (Å²) in [5.41, 5.74) is 1.72. The van der Waals surface area contributed by atoms with Gasteiger partial charge >= 0.3 is 6.18 Å². The molecule has 21 heavy (non-hydrogen) atoms. The summed E-state index contributed by atoms with van der Waals surface area (Å²) in [5, 5.41) is 10.5. The first kappa shape index (κ1) is 16.0. The zero-order valence-electron chi connectivity index (χ0n) is 11.5. The zero-order chi connectivity index (χ0) is 15.8. The van der Waals surface area contributed by atoms with Gasteiger partial charge in [-0.1, -0.05) is 34.1 Å². The standard InChI is InChI=1S/C16H14BrF3O/c1-9-8-11(16(18,19)20)6-7-12(9)15(21)13-4-3-5-14(17)10(13)2/h3-8,15,21H,1-2H3. The zero-order valence-corrected chi connectivity index (χ0v) is 13.1. The van der Waals surface area contributed by atoms with E-state index in [9.17, 15) is 18.3 Å². The fourth-order valence-corrected chi connectivity index (χ4v) is 2.63. The number of aliphatic hydroxyl groups excluding tert-OH is 1. The van der Waals surface area contributed by atoms with Crippen LogP contribution >= 0.6 is 15.9 Å². The Bertz CT molecular complexity index is 665. The molecule has 0 heterocycles. The molecule has 0 amide bonds. The average molecular weight is 359 g/mol. The molecule has 0 radical (unpaired) electrons. The predicted molar refractivity (Wildman–Crippen MR) is 79.1 cm³/mol. The minimum absolute atomic E-state index is 0.414. The maximum Gasteiger partial charge on any atom is 0.416 e. The van der Waals surface area contributed by atoms with E-state index >= 15 is 0 Å². The smallest absolute Gasteiger partial charge is 0.384 e. The monoisotopic (exact) mass is 358 g/mol. The van der Waals surface area contributed by atoms with Crippen molar-refractivity contribution in [2.24, 2.45) is 0 Å². The second-order valence-electron chi connectivity index (χ2n) is 4.93. The lowest BCUT2D eigenvalue weighted by atomic mass is 9.93. The number of halogens is 4. The van der Waals surface area contributed by atoms with Gasteiger partial charge in [0, 0.05) is 4.47 Å². The summed E-state index contributed by atoms with van der Waals surface area (Å²) in [6.45, 7) is 3.42. The number of hydrogen-bond donors (Lipinski definition) is 1. The minimum Gasteiger partial charge on any atom is -0.384 e. The topological polar surface area (TPSA) is 20.2 Å². The maximum absolute atomic E-state index is 12.7. The summed E-state index contributed by atoms with van der Waals surface area (Å²) < 4.78 is 38.9. The molecule has 112 valence electrons. The quantitative estimate of drug-likeness (QED) is 0.785. The van der Waals surface area contributed by atoms with Crippen LogP contribution in [-0.4, -0.2) is 5.11 Å². The highest BCUT2D eigenvalue weighted by molar-refractivity contribution is 9.10. The van der Waals surface area contributed by atoms with Gasteiger partial charge in [-0.2, -0.15) is 13.2 Å². The lowest BCUT2D eigenvalue weighted by Crippen LogP contribution is -2.09. The van der Waals surface area contributed by atoms with Crippen LogP contribution in [0.25, 0.3) is 0 Å². The van der Waals surface area contributed by atoms with Crippen LogP contribution in [0.5, 0.6) is 0 Å². The number of aryl methyl sites for hydroxylation is 1. The normalized spacial score (nSPS) is 13.3. The molecular weight excluding hydrogens is 345 g/mol. The van der Waals surface area contributed by atoms with Crippen LogP contribution in [0.4, 0.5) is 13.2 Å². The van der Waals surface area contributed by atoms with Crippen LogP contribution in [-0.2, 0) is 6.18 Å². The molecule has 0 saturated heterocycles. The van der Waals surface area contributed by atoms with E-state index in [0.717, 1.165) is 22.2 Å². The Labute approximate surface area is 129 Å². The second kappa shape index (κ2) is 5.81. The van der Waals surface area contributed by atoms with Gasteiger partial charge in [0.15, 0.2) is 0 Å². The molecule has 0 saturated carbocycles. The van der Waals surface area contributed by atoms with E-state index in [2.05, 4.69) is 15.9 Å². The van der Waals surface area contributed by atoms with E-state index in [0.29, 0.717) is 16.7 Å². The second-order valence-corrected chi connectivity index (χ2v) is 5.78. The van der Waals surface area contributed by atoms with Gasteiger partial charge < -0.3 is 5.11 Å². The molecule has 1 unspecified atom stereocenters. The fraction of sp³-hybridized carbons (Fsp3) is 0.250. The molecule has 1 nitrogen and oxygen atoms in total. The lowest BCUT2D eigenvalue weighted by molar-refractivity contribution is -0.137. The molecular formula is C16H14BrF3O. The number of benzene rings is 2. The van der Waals surface area contributed by atoms with E-state index in [1.54, 1.807) is 19.1 Å². The Balaban J connectivity index is 2.45. The van der Waals surface area contributed by atoms with Crippen molar-refractivity contribution in [2.75, 3.05) is 0 Å². The Morgan fingerprint density at radius 1 is 1.05 bits per heavy atom. The summed E-state index contributed by atoms with van der Waals surface area (Å²) >= 11 is 3.38. The number of rotatable bonds is 2. The summed E-state index contributed by atoms with van der Waals surface area (Å²) in [4.78, 5) is 0. The third kappa shape index (κ3) is 3.30. The van der Waals surface area contributed by atoms with Crippen molar-refractivity contribution in [3.63, 3.8) is 0 Å². The van der Waals surface area contributed by atoms with Gasteiger partial charge in [0.25, 0.3) is 0 Å². The molecule has 0 aliphatic rings. The van der Waals surface area contributed by atoms with Crippen molar-refractivity contribution < 1.29 is 18.3 Å². The van der Waals surface area contributed by atoms with Crippen molar-refractivity contribution >= 4 is 15.9 Å². The molecule has 2 rings (SSSR count). The molecule has 1 N–H and O–H groups in total. The third-order valence-electron chi connectivity index (χ3n) is 3.50. The first-order chi connectivity index (χ1) is 9.71. The molecule has 0 aromatic heterocycles. The van der Waals surface area contributed by atoms with Gasteiger partial charge in [-0.05, 0) is 54.3 Å².